The summed E-state index contributed by atoms with van der Waals surface area (Å²) in [7, 11) is 0. The Morgan fingerprint density at radius 3 is 3.23 bits per heavy atom. The van der Waals surface area contributed by atoms with Crippen LogP contribution in [-0.2, 0) is 6.42 Å². The van der Waals surface area contributed by atoms with E-state index >= 15 is 0 Å². The molecule has 0 spiro atoms. The first-order valence-electron chi connectivity index (χ1n) is 4.77. The summed E-state index contributed by atoms with van der Waals surface area (Å²) in [4.78, 5) is 0. The van der Waals surface area contributed by atoms with E-state index < -0.39 is 0 Å². The van der Waals surface area contributed by atoms with Crippen molar-refractivity contribution in [3.63, 3.8) is 0 Å². The molecule has 0 aromatic carbocycles. The molecule has 2 heterocycles. The summed E-state index contributed by atoms with van der Waals surface area (Å²) in [5.74, 6) is 1.27. The Morgan fingerprint density at radius 2 is 2.54 bits per heavy atom. The SMILES string of the molecule is OC1CCNCC1Cc1ccco1. The van der Waals surface area contributed by atoms with Gasteiger partial charge in [-0.3, -0.25) is 0 Å². The molecule has 2 rings (SSSR count). The summed E-state index contributed by atoms with van der Waals surface area (Å²) in [5.41, 5.74) is 0. The van der Waals surface area contributed by atoms with Crippen molar-refractivity contribution < 1.29 is 9.52 Å². The van der Waals surface area contributed by atoms with Crippen molar-refractivity contribution in [1.29, 1.82) is 0 Å². The lowest BCUT2D eigenvalue weighted by atomic mass is 9.92. The first-order valence-corrected chi connectivity index (χ1v) is 4.77. The fourth-order valence-corrected chi connectivity index (χ4v) is 1.80. The van der Waals surface area contributed by atoms with Crippen LogP contribution in [0.2, 0.25) is 0 Å². The molecule has 0 radical (unpaired) electrons. The monoisotopic (exact) mass is 181 g/mol. The Hall–Kier alpha value is -0.800. The molecular weight excluding hydrogens is 166 g/mol. The van der Waals surface area contributed by atoms with Crippen LogP contribution in [-0.4, -0.2) is 24.3 Å². The molecule has 1 aliphatic heterocycles. The highest BCUT2D eigenvalue weighted by Gasteiger charge is 2.23. The number of aliphatic hydroxyl groups excluding tert-OH is 1. The molecule has 0 amide bonds. The van der Waals surface area contributed by atoms with Gasteiger partial charge in [0, 0.05) is 18.9 Å². The van der Waals surface area contributed by atoms with E-state index in [2.05, 4.69) is 5.32 Å². The van der Waals surface area contributed by atoms with E-state index in [0.717, 1.165) is 31.7 Å². The highest BCUT2D eigenvalue weighted by molar-refractivity contribution is 5.00. The van der Waals surface area contributed by atoms with Crippen LogP contribution in [0.5, 0.6) is 0 Å². The fraction of sp³-hybridized carbons (Fsp3) is 0.600. The van der Waals surface area contributed by atoms with E-state index in [0.29, 0.717) is 5.92 Å². The van der Waals surface area contributed by atoms with E-state index in [1.807, 2.05) is 12.1 Å². The van der Waals surface area contributed by atoms with E-state index in [-0.39, 0.29) is 6.10 Å². The van der Waals surface area contributed by atoms with Crippen LogP contribution in [0.1, 0.15) is 12.2 Å². The molecule has 0 aliphatic carbocycles. The third kappa shape index (κ3) is 2.11. The predicted molar refractivity (Wildman–Crippen MR) is 49.4 cm³/mol. The number of hydrogen-bond donors (Lipinski definition) is 2. The van der Waals surface area contributed by atoms with Gasteiger partial charge < -0.3 is 14.8 Å². The first kappa shape index (κ1) is 8.78. The standard InChI is InChI=1S/C10H15NO2/c12-10-3-4-11-7-8(10)6-9-2-1-5-13-9/h1-2,5,8,10-12H,3-4,6-7H2. The van der Waals surface area contributed by atoms with Crippen LogP contribution in [0.25, 0.3) is 0 Å². The Balaban J connectivity index is 1.93. The third-order valence-electron chi connectivity index (χ3n) is 2.61. The van der Waals surface area contributed by atoms with Crippen molar-refractivity contribution in [1.82, 2.24) is 5.32 Å². The van der Waals surface area contributed by atoms with Crippen molar-refractivity contribution in [2.75, 3.05) is 13.1 Å². The van der Waals surface area contributed by atoms with Crippen LogP contribution >= 0.6 is 0 Å². The average molecular weight is 181 g/mol. The molecular formula is C10H15NO2. The van der Waals surface area contributed by atoms with E-state index in [9.17, 15) is 5.11 Å². The second kappa shape index (κ2) is 3.94. The lowest BCUT2D eigenvalue weighted by Gasteiger charge is -2.27. The van der Waals surface area contributed by atoms with Crippen molar-refractivity contribution in [2.24, 2.45) is 5.92 Å². The second-order valence-electron chi connectivity index (χ2n) is 3.60. The maximum Gasteiger partial charge on any atom is 0.104 e. The van der Waals surface area contributed by atoms with Crippen LogP contribution in [0.3, 0.4) is 0 Å². The van der Waals surface area contributed by atoms with Gasteiger partial charge in [0.15, 0.2) is 0 Å². The first-order chi connectivity index (χ1) is 6.36. The molecule has 1 fully saturated rings. The van der Waals surface area contributed by atoms with Crippen molar-refractivity contribution in [3.05, 3.63) is 24.2 Å². The third-order valence-corrected chi connectivity index (χ3v) is 2.61. The smallest absolute Gasteiger partial charge is 0.104 e. The van der Waals surface area contributed by atoms with Gasteiger partial charge in [-0.1, -0.05) is 0 Å². The Kier molecular flexibility index (Phi) is 2.66. The predicted octanol–water partition coefficient (Wildman–Crippen LogP) is 0.792. The number of rotatable bonds is 2. The molecule has 1 saturated heterocycles. The topological polar surface area (TPSA) is 45.4 Å². The molecule has 1 aliphatic rings. The van der Waals surface area contributed by atoms with Crippen molar-refractivity contribution >= 4 is 0 Å². The summed E-state index contributed by atoms with van der Waals surface area (Å²) >= 11 is 0. The molecule has 0 bridgehead atoms. The van der Waals surface area contributed by atoms with Gasteiger partial charge in [0.05, 0.1) is 12.4 Å². The Labute approximate surface area is 77.8 Å². The molecule has 3 nitrogen and oxygen atoms in total. The van der Waals surface area contributed by atoms with Gasteiger partial charge in [-0.25, -0.2) is 0 Å². The van der Waals surface area contributed by atoms with Gasteiger partial charge in [0.2, 0.25) is 0 Å². The number of piperidine rings is 1. The van der Waals surface area contributed by atoms with Gasteiger partial charge in [-0.05, 0) is 25.1 Å². The molecule has 0 saturated carbocycles. The van der Waals surface area contributed by atoms with E-state index in [4.69, 9.17) is 4.42 Å². The molecule has 1 aromatic rings. The number of furan rings is 1. The molecule has 2 unspecified atom stereocenters. The van der Waals surface area contributed by atoms with Gasteiger partial charge >= 0.3 is 0 Å². The lowest BCUT2D eigenvalue weighted by Crippen LogP contribution is -2.40. The molecule has 3 heteroatoms. The van der Waals surface area contributed by atoms with Crippen LogP contribution in [0.15, 0.2) is 22.8 Å². The Bertz CT molecular complexity index is 245. The quantitative estimate of drug-likeness (QED) is 0.709. The zero-order valence-electron chi connectivity index (χ0n) is 7.57. The molecule has 13 heavy (non-hydrogen) atoms. The normalized spacial score (nSPS) is 29.0. The summed E-state index contributed by atoms with van der Waals surface area (Å²) in [6.45, 7) is 1.82. The van der Waals surface area contributed by atoms with Crippen LogP contribution < -0.4 is 5.32 Å². The minimum Gasteiger partial charge on any atom is -0.469 e. The molecule has 1 aromatic heterocycles. The second-order valence-corrected chi connectivity index (χ2v) is 3.60. The number of hydrogen-bond acceptors (Lipinski definition) is 3. The van der Waals surface area contributed by atoms with E-state index in [1.54, 1.807) is 6.26 Å². The molecule has 2 atom stereocenters. The van der Waals surface area contributed by atoms with Crippen molar-refractivity contribution in [2.45, 2.75) is 18.9 Å². The zero-order valence-corrected chi connectivity index (χ0v) is 7.57. The summed E-state index contributed by atoms with van der Waals surface area (Å²) in [6, 6.07) is 3.85. The maximum atomic E-state index is 9.69. The maximum absolute atomic E-state index is 9.69. The van der Waals surface area contributed by atoms with Crippen LogP contribution in [0.4, 0.5) is 0 Å². The number of nitrogens with one attached hydrogen (secondary N) is 1. The highest BCUT2D eigenvalue weighted by atomic mass is 16.3. The summed E-state index contributed by atoms with van der Waals surface area (Å²) in [5, 5.41) is 13.0. The average Bonchev–Trinajstić information content (AvgIpc) is 2.61. The summed E-state index contributed by atoms with van der Waals surface area (Å²) in [6.07, 6.45) is 3.19. The lowest BCUT2D eigenvalue weighted by molar-refractivity contribution is 0.0764. The summed E-state index contributed by atoms with van der Waals surface area (Å²) < 4.78 is 5.25. The van der Waals surface area contributed by atoms with Gasteiger partial charge in [0.1, 0.15) is 5.76 Å². The highest BCUT2D eigenvalue weighted by Crippen LogP contribution is 2.17. The van der Waals surface area contributed by atoms with Gasteiger partial charge in [-0.15, -0.1) is 0 Å². The largest absolute Gasteiger partial charge is 0.469 e. The number of aliphatic hydroxyl groups is 1. The van der Waals surface area contributed by atoms with Crippen LogP contribution in [0, 0.1) is 5.92 Å². The zero-order chi connectivity index (χ0) is 9.10. The Morgan fingerprint density at radius 1 is 1.62 bits per heavy atom. The van der Waals surface area contributed by atoms with Gasteiger partial charge in [-0.2, -0.15) is 0 Å². The fourth-order valence-electron chi connectivity index (χ4n) is 1.80. The van der Waals surface area contributed by atoms with Crippen molar-refractivity contribution in [3.8, 4) is 0 Å². The minimum atomic E-state index is -0.175. The molecule has 2 N–H and O–H groups in total. The van der Waals surface area contributed by atoms with E-state index in [1.165, 1.54) is 0 Å². The minimum absolute atomic E-state index is 0.175. The van der Waals surface area contributed by atoms with Gasteiger partial charge in [0.25, 0.3) is 0 Å². The molecule has 72 valence electrons.